The van der Waals surface area contributed by atoms with Gasteiger partial charge in [-0.15, -0.1) is 11.3 Å². The third kappa shape index (κ3) is 5.46. The van der Waals surface area contributed by atoms with Crippen LogP contribution in [-0.2, 0) is 11.2 Å². The van der Waals surface area contributed by atoms with Crippen molar-refractivity contribution in [3.8, 4) is 5.75 Å². The molecule has 0 fully saturated rings. The Kier molecular flexibility index (Phi) is 6.50. The molecule has 3 rings (SSSR count). The predicted octanol–water partition coefficient (Wildman–Crippen LogP) is 5.45. The minimum absolute atomic E-state index is 0.136. The number of hydrogen-bond donors (Lipinski definition) is 1. The molecule has 0 saturated heterocycles. The lowest BCUT2D eigenvalue weighted by Gasteiger charge is -2.05. The summed E-state index contributed by atoms with van der Waals surface area (Å²) < 4.78 is 5.52. The van der Waals surface area contributed by atoms with Crippen molar-refractivity contribution >= 4 is 45.6 Å². The number of halogens is 2. The molecule has 0 atom stereocenters. The molecule has 1 aromatic heterocycles. The van der Waals surface area contributed by atoms with Gasteiger partial charge in [-0.05, 0) is 35.9 Å². The number of amides is 1. The van der Waals surface area contributed by atoms with Crippen LogP contribution in [0.1, 0.15) is 16.9 Å². The lowest BCUT2D eigenvalue weighted by atomic mass is 10.1. The van der Waals surface area contributed by atoms with Crippen molar-refractivity contribution in [3.05, 3.63) is 75.2 Å². The standard InChI is InChI=1S/C19H16Cl2N2O2S/c20-14-6-7-17(21)13(10-14)11-16-12-22-19(26-16)23-18(24)8-9-25-15-4-2-1-3-5-15/h1-7,10,12H,8-9,11H2,(H,22,23,24). The summed E-state index contributed by atoms with van der Waals surface area (Å²) in [4.78, 5) is 17.2. The van der Waals surface area contributed by atoms with Crippen LogP contribution in [0.4, 0.5) is 5.13 Å². The van der Waals surface area contributed by atoms with Crippen molar-refractivity contribution in [2.45, 2.75) is 12.8 Å². The van der Waals surface area contributed by atoms with Gasteiger partial charge in [-0.2, -0.15) is 0 Å². The Bertz CT molecular complexity index is 884. The largest absolute Gasteiger partial charge is 0.493 e. The van der Waals surface area contributed by atoms with Gasteiger partial charge in [0.1, 0.15) is 5.75 Å². The number of anilines is 1. The molecule has 7 heteroatoms. The molecule has 0 spiro atoms. The van der Waals surface area contributed by atoms with Gasteiger partial charge in [0.2, 0.25) is 5.91 Å². The van der Waals surface area contributed by atoms with E-state index < -0.39 is 0 Å². The number of ether oxygens (including phenoxy) is 1. The fourth-order valence-electron chi connectivity index (χ4n) is 2.27. The minimum atomic E-state index is -0.136. The van der Waals surface area contributed by atoms with Gasteiger partial charge < -0.3 is 10.1 Å². The van der Waals surface area contributed by atoms with Crippen molar-refractivity contribution in [1.29, 1.82) is 0 Å². The number of para-hydroxylation sites is 1. The summed E-state index contributed by atoms with van der Waals surface area (Å²) in [7, 11) is 0. The molecule has 1 heterocycles. The first-order valence-electron chi connectivity index (χ1n) is 7.96. The summed E-state index contributed by atoms with van der Waals surface area (Å²) in [6.45, 7) is 0.312. The van der Waals surface area contributed by atoms with E-state index in [0.717, 1.165) is 16.2 Å². The van der Waals surface area contributed by atoms with E-state index in [0.29, 0.717) is 28.2 Å². The highest BCUT2D eigenvalue weighted by Crippen LogP contribution is 2.27. The minimum Gasteiger partial charge on any atom is -0.493 e. The third-order valence-electron chi connectivity index (χ3n) is 3.51. The molecule has 0 radical (unpaired) electrons. The maximum Gasteiger partial charge on any atom is 0.229 e. The van der Waals surface area contributed by atoms with Crippen molar-refractivity contribution in [1.82, 2.24) is 4.98 Å². The molecular weight excluding hydrogens is 391 g/mol. The Hall–Kier alpha value is -2.08. The van der Waals surface area contributed by atoms with Gasteiger partial charge in [0.05, 0.1) is 13.0 Å². The van der Waals surface area contributed by atoms with Crippen LogP contribution in [0.3, 0.4) is 0 Å². The van der Waals surface area contributed by atoms with E-state index >= 15 is 0 Å². The van der Waals surface area contributed by atoms with E-state index in [1.165, 1.54) is 11.3 Å². The molecule has 1 N–H and O–H groups in total. The number of nitrogens with zero attached hydrogens (tertiary/aromatic N) is 1. The van der Waals surface area contributed by atoms with Gasteiger partial charge in [0, 0.05) is 27.5 Å². The zero-order chi connectivity index (χ0) is 18.4. The molecule has 134 valence electrons. The average molecular weight is 407 g/mol. The van der Waals surface area contributed by atoms with E-state index in [1.54, 1.807) is 18.3 Å². The predicted molar refractivity (Wildman–Crippen MR) is 107 cm³/mol. The summed E-state index contributed by atoms with van der Waals surface area (Å²) in [5.41, 5.74) is 0.928. The van der Waals surface area contributed by atoms with Gasteiger partial charge in [0.25, 0.3) is 0 Å². The smallest absolute Gasteiger partial charge is 0.229 e. The molecule has 0 bridgehead atoms. The van der Waals surface area contributed by atoms with E-state index in [9.17, 15) is 4.79 Å². The number of hydrogen-bond acceptors (Lipinski definition) is 4. The maximum absolute atomic E-state index is 12.0. The normalized spacial score (nSPS) is 10.5. The van der Waals surface area contributed by atoms with Gasteiger partial charge in [-0.3, -0.25) is 4.79 Å². The molecule has 0 aliphatic carbocycles. The van der Waals surface area contributed by atoms with E-state index in [2.05, 4.69) is 10.3 Å². The van der Waals surface area contributed by atoms with Gasteiger partial charge in [-0.1, -0.05) is 41.4 Å². The molecule has 2 aromatic carbocycles. The maximum atomic E-state index is 12.0. The Morgan fingerprint density at radius 2 is 1.96 bits per heavy atom. The fourth-order valence-corrected chi connectivity index (χ4v) is 3.50. The monoisotopic (exact) mass is 406 g/mol. The number of nitrogens with one attached hydrogen (secondary N) is 1. The number of carbonyl (C=O) groups excluding carboxylic acids is 1. The first-order chi connectivity index (χ1) is 12.6. The highest BCUT2D eigenvalue weighted by Gasteiger charge is 2.09. The van der Waals surface area contributed by atoms with Crippen LogP contribution >= 0.6 is 34.5 Å². The summed E-state index contributed by atoms with van der Waals surface area (Å²) in [6, 6.07) is 14.8. The van der Waals surface area contributed by atoms with Crippen molar-refractivity contribution in [3.63, 3.8) is 0 Å². The Labute approximate surface area is 165 Å². The van der Waals surface area contributed by atoms with Gasteiger partial charge in [0.15, 0.2) is 5.13 Å². The summed E-state index contributed by atoms with van der Waals surface area (Å²) in [5, 5.41) is 4.65. The Balaban J connectivity index is 1.50. The van der Waals surface area contributed by atoms with Crippen molar-refractivity contribution < 1.29 is 9.53 Å². The highest BCUT2D eigenvalue weighted by molar-refractivity contribution is 7.15. The second kappa shape index (κ2) is 9.03. The van der Waals surface area contributed by atoms with Crippen LogP contribution in [0.25, 0.3) is 0 Å². The second-order valence-electron chi connectivity index (χ2n) is 5.50. The number of aromatic nitrogens is 1. The quantitative estimate of drug-likeness (QED) is 0.567. The SMILES string of the molecule is O=C(CCOc1ccccc1)Nc1ncc(Cc2cc(Cl)ccc2Cl)s1. The molecule has 3 aromatic rings. The summed E-state index contributed by atoms with van der Waals surface area (Å²) >= 11 is 13.6. The van der Waals surface area contributed by atoms with Crippen molar-refractivity contribution in [2.24, 2.45) is 0 Å². The number of thiazole rings is 1. The van der Waals surface area contributed by atoms with Crippen molar-refractivity contribution in [2.75, 3.05) is 11.9 Å². The molecule has 0 unspecified atom stereocenters. The fraction of sp³-hybridized carbons (Fsp3) is 0.158. The van der Waals surface area contributed by atoms with E-state index in [-0.39, 0.29) is 12.3 Å². The molecule has 1 amide bonds. The second-order valence-corrected chi connectivity index (χ2v) is 7.46. The molecule has 0 aliphatic rings. The van der Waals surface area contributed by atoms with Gasteiger partial charge in [-0.25, -0.2) is 4.98 Å². The molecular formula is C19H16Cl2N2O2S. The third-order valence-corrected chi connectivity index (χ3v) is 5.03. The van der Waals surface area contributed by atoms with Crippen LogP contribution in [0.5, 0.6) is 5.75 Å². The lowest BCUT2D eigenvalue weighted by Crippen LogP contribution is -2.14. The van der Waals surface area contributed by atoms with Gasteiger partial charge >= 0.3 is 0 Å². The zero-order valence-electron chi connectivity index (χ0n) is 13.7. The van der Waals surface area contributed by atoms with Crippen LogP contribution < -0.4 is 10.1 Å². The number of rotatable bonds is 7. The van der Waals surface area contributed by atoms with Crippen LogP contribution in [-0.4, -0.2) is 17.5 Å². The van der Waals surface area contributed by atoms with E-state index in [4.69, 9.17) is 27.9 Å². The lowest BCUT2D eigenvalue weighted by molar-refractivity contribution is -0.116. The Morgan fingerprint density at radius 3 is 2.77 bits per heavy atom. The molecule has 0 saturated carbocycles. The van der Waals surface area contributed by atoms with E-state index in [1.807, 2.05) is 36.4 Å². The highest BCUT2D eigenvalue weighted by atomic mass is 35.5. The van der Waals surface area contributed by atoms with Crippen LogP contribution in [0, 0.1) is 0 Å². The summed E-state index contributed by atoms with van der Waals surface area (Å²) in [6.07, 6.45) is 2.60. The number of carbonyl (C=O) groups is 1. The zero-order valence-corrected chi connectivity index (χ0v) is 16.1. The first-order valence-corrected chi connectivity index (χ1v) is 9.54. The molecule has 0 aliphatic heterocycles. The summed E-state index contributed by atoms with van der Waals surface area (Å²) in [5.74, 6) is 0.609. The first kappa shape index (κ1) is 18.7. The van der Waals surface area contributed by atoms with Crippen LogP contribution in [0.15, 0.2) is 54.7 Å². The topological polar surface area (TPSA) is 51.2 Å². The number of benzene rings is 2. The van der Waals surface area contributed by atoms with Crippen LogP contribution in [0.2, 0.25) is 10.0 Å². The average Bonchev–Trinajstić information content (AvgIpc) is 3.06. The molecule has 4 nitrogen and oxygen atoms in total. The Morgan fingerprint density at radius 1 is 1.15 bits per heavy atom. The molecule has 26 heavy (non-hydrogen) atoms.